The molecule has 10 atom stereocenters. The van der Waals surface area contributed by atoms with Gasteiger partial charge < -0.3 is 20.1 Å². The summed E-state index contributed by atoms with van der Waals surface area (Å²) in [6, 6.07) is 0. The van der Waals surface area contributed by atoms with Crippen LogP contribution in [0.15, 0.2) is 23.3 Å². The van der Waals surface area contributed by atoms with Crippen molar-refractivity contribution in [2.75, 3.05) is 0 Å². The van der Waals surface area contributed by atoms with Gasteiger partial charge in [0.25, 0.3) is 0 Å². The number of rotatable bonds is 2. The summed E-state index contributed by atoms with van der Waals surface area (Å²) in [6.07, 6.45) is 5.96. The van der Waals surface area contributed by atoms with E-state index in [-0.39, 0.29) is 40.8 Å². The molecule has 3 fully saturated rings. The predicted molar refractivity (Wildman–Crippen MR) is 124 cm³/mol. The maximum Gasteiger partial charge on any atom is 0.334 e. The molecule has 6 heteroatoms. The standard InChI is InChI=1S/C28H39O6/c1-15-14-23(34-24(31)16(15)2)27(5,32)20-7-6-18-17-10-13-28(33)22(30)9-8-21(29)26(28,4)19(17)11-12-25(18,20)3/h8-9,17-20,22-23,30,32H,6-7,10-14H2,1-5H3/q-1/t17-,18-,19-,20-,22-,23+,25-,26-,27+,28-/m0/s1. The van der Waals surface area contributed by atoms with Crippen molar-refractivity contribution in [2.45, 2.75) is 103 Å². The van der Waals surface area contributed by atoms with Crippen LogP contribution in [0.2, 0.25) is 0 Å². The fourth-order valence-corrected chi connectivity index (χ4v) is 9.09. The third-order valence-corrected chi connectivity index (χ3v) is 11.4. The molecule has 3 saturated carbocycles. The van der Waals surface area contributed by atoms with Crippen molar-refractivity contribution in [3.63, 3.8) is 0 Å². The Balaban J connectivity index is 1.45. The van der Waals surface area contributed by atoms with Crippen LogP contribution in [0.25, 0.3) is 0 Å². The molecule has 34 heavy (non-hydrogen) atoms. The molecule has 1 aliphatic heterocycles. The van der Waals surface area contributed by atoms with Gasteiger partial charge in [0.2, 0.25) is 0 Å². The second kappa shape index (κ2) is 7.50. The van der Waals surface area contributed by atoms with Gasteiger partial charge in [0.05, 0.1) is 6.10 Å². The second-order valence-corrected chi connectivity index (χ2v) is 12.6. The monoisotopic (exact) mass is 471 g/mol. The molecule has 0 saturated heterocycles. The Bertz CT molecular complexity index is 979. The number of carbonyl (C=O) groups excluding carboxylic acids is 2. The van der Waals surface area contributed by atoms with E-state index in [0.717, 1.165) is 31.3 Å². The van der Waals surface area contributed by atoms with E-state index in [1.54, 1.807) is 13.8 Å². The van der Waals surface area contributed by atoms with Crippen LogP contribution >= 0.6 is 0 Å². The average molecular weight is 472 g/mol. The summed E-state index contributed by atoms with van der Waals surface area (Å²) >= 11 is 0. The summed E-state index contributed by atoms with van der Waals surface area (Å²) in [7, 11) is 0. The van der Waals surface area contributed by atoms with Crippen molar-refractivity contribution in [2.24, 2.45) is 34.5 Å². The first kappa shape index (κ1) is 24.2. The second-order valence-electron chi connectivity index (χ2n) is 12.6. The number of ketones is 1. The zero-order valence-electron chi connectivity index (χ0n) is 21.1. The van der Waals surface area contributed by atoms with Gasteiger partial charge in [-0.1, -0.05) is 43.9 Å². The van der Waals surface area contributed by atoms with Gasteiger partial charge in [0, 0.05) is 17.4 Å². The summed E-state index contributed by atoms with van der Waals surface area (Å²) in [5.41, 5.74) is -2.49. The maximum absolute atomic E-state index is 13.9. The van der Waals surface area contributed by atoms with Crippen molar-refractivity contribution in [3.8, 4) is 0 Å². The molecule has 2 N–H and O–H groups in total. The fourth-order valence-electron chi connectivity index (χ4n) is 9.09. The van der Waals surface area contributed by atoms with Gasteiger partial charge in [-0.15, -0.1) is 0 Å². The molecule has 0 radical (unpaired) electrons. The number of fused-ring (bicyclic) bond motifs is 5. The van der Waals surface area contributed by atoms with Gasteiger partial charge in [0.1, 0.15) is 11.7 Å². The number of aliphatic hydroxyl groups is 2. The Morgan fingerprint density at radius 1 is 1.09 bits per heavy atom. The smallest absolute Gasteiger partial charge is 0.334 e. The Morgan fingerprint density at radius 2 is 1.79 bits per heavy atom. The van der Waals surface area contributed by atoms with E-state index in [4.69, 9.17) is 4.74 Å². The minimum Gasteiger partial charge on any atom is -0.847 e. The molecule has 5 aliphatic rings. The van der Waals surface area contributed by atoms with E-state index in [0.29, 0.717) is 24.8 Å². The van der Waals surface area contributed by atoms with Crippen LogP contribution in [-0.4, -0.2) is 45.4 Å². The van der Waals surface area contributed by atoms with Crippen molar-refractivity contribution in [3.05, 3.63) is 23.3 Å². The predicted octanol–water partition coefficient (Wildman–Crippen LogP) is 2.85. The minimum atomic E-state index is -1.67. The van der Waals surface area contributed by atoms with Gasteiger partial charge in [-0.3, -0.25) is 4.79 Å². The molecule has 5 rings (SSSR count). The van der Waals surface area contributed by atoms with E-state index in [1.807, 2.05) is 13.8 Å². The highest BCUT2D eigenvalue weighted by molar-refractivity contribution is 5.97. The van der Waals surface area contributed by atoms with E-state index in [9.17, 15) is 24.9 Å². The third-order valence-electron chi connectivity index (χ3n) is 11.4. The molecule has 0 spiro atoms. The molecule has 0 amide bonds. The topological polar surface area (TPSA) is 107 Å². The molecule has 0 aromatic heterocycles. The molecule has 0 aromatic rings. The van der Waals surface area contributed by atoms with Gasteiger partial charge >= 0.3 is 5.97 Å². The lowest BCUT2D eigenvalue weighted by atomic mass is 9.43. The first-order valence-corrected chi connectivity index (χ1v) is 13.0. The largest absolute Gasteiger partial charge is 0.847 e. The van der Waals surface area contributed by atoms with Gasteiger partial charge in [-0.2, -0.15) is 0 Å². The normalized spacial score (nSPS) is 50.2. The van der Waals surface area contributed by atoms with Crippen molar-refractivity contribution >= 4 is 11.8 Å². The number of ether oxygens (including phenoxy) is 1. The lowest BCUT2D eigenvalue weighted by molar-refractivity contribution is -0.529. The minimum absolute atomic E-state index is 0.0331. The highest BCUT2D eigenvalue weighted by Crippen LogP contribution is 2.68. The van der Waals surface area contributed by atoms with Crippen LogP contribution < -0.4 is 5.11 Å². The van der Waals surface area contributed by atoms with Crippen LogP contribution in [0.5, 0.6) is 0 Å². The number of allylic oxidation sites excluding steroid dienone is 1. The summed E-state index contributed by atoms with van der Waals surface area (Å²) in [5.74, 6) is -0.0712. The van der Waals surface area contributed by atoms with E-state index < -0.39 is 28.8 Å². The van der Waals surface area contributed by atoms with Crippen LogP contribution in [0, 0.1) is 34.5 Å². The van der Waals surface area contributed by atoms with Crippen molar-refractivity contribution in [1.82, 2.24) is 0 Å². The van der Waals surface area contributed by atoms with E-state index >= 15 is 0 Å². The first-order valence-electron chi connectivity index (χ1n) is 13.0. The number of hydrogen-bond donors (Lipinski definition) is 2. The summed E-state index contributed by atoms with van der Waals surface area (Å²) in [5, 5.41) is 36.4. The molecule has 0 aromatic carbocycles. The SMILES string of the molecule is CC1=C(C)C(=O)O[C@@H]([C@](C)(O)[C@H]2CC[C@H]3[C@@H]4CC[C@]5([O-])[C@@H](O)C=CC(=O)[C@]5(C)[C@H]4CC[C@]23C)C1. The average Bonchev–Trinajstić information content (AvgIpc) is 3.14. The highest BCUT2D eigenvalue weighted by Gasteiger charge is 2.66. The molecule has 6 nitrogen and oxygen atoms in total. The molecule has 0 bridgehead atoms. The zero-order valence-corrected chi connectivity index (χ0v) is 21.1. The number of cyclic esters (lactones) is 1. The van der Waals surface area contributed by atoms with E-state index in [1.165, 1.54) is 12.2 Å². The lowest BCUT2D eigenvalue weighted by Gasteiger charge is -2.68. The van der Waals surface area contributed by atoms with Crippen LogP contribution in [0.4, 0.5) is 0 Å². The molecular weight excluding hydrogens is 432 g/mol. The Hall–Kier alpha value is -1.50. The Kier molecular flexibility index (Phi) is 5.34. The summed E-state index contributed by atoms with van der Waals surface area (Å²) in [6.45, 7) is 9.60. The van der Waals surface area contributed by atoms with E-state index in [2.05, 4.69) is 6.92 Å². The zero-order chi connectivity index (χ0) is 24.8. The van der Waals surface area contributed by atoms with Crippen molar-refractivity contribution < 1.29 is 29.6 Å². The highest BCUT2D eigenvalue weighted by atomic mass is 16.6. The van der Waals surface area contributed by atoms with Gasteiger partial charge in [0.15, 0.2) is 5.78 Å². The summed E-state index contributed by atoms with van der Waals surface area (Å²) < 4.78 is 5.74. The van der Waals surface area contributed by atoms with Crippen molar-refractivity contribution in [1.29, 1.82) is 0 Å². The Labute approximate surface area is 202 Å². The number of carbonyl (C=O) groups is 2. The lowest BCUT2D eigenvalue weighted by Crippen LogP contribution is -2.74. The fraction of sp³-hybridized carbons (Fsp3) is 0.786. The Morgan fingerprint density at radius 3 is 2.47 bits per heavy atom. The molecule has 1 heterocycles. The van der Waals surface area contributed by atoms with Crippen LogP contribution in [-0.2, 0) is 14.3 Å². The van der Waals surface area contributed by atoms with Gasteiger partial charge in [-0.05, 0) is 81.6 Å². The molecule has 188 valence electrons. The van der Waals surface area contributed by atoms with Gasteiger partial charge in [-0.25, -0.2) is 4.79 Å². The third kappa shape index (κ3) is 2.91. The number of hydrogen-bond acceptors (Lipinski definition) is 6. The van der Waals surface area contributed by atoms with Crippen LogP contribution in [0.3, 0.4) is 0 Å². The van der Waals surface area contributed by atoms with Crippen LogP contribution in [0.1, 0.15) is 79.6 Å². The molecule has 4 aliphatic carbocycles. The maximum atomic E-state index is 13.9. The molecular formula is C28H39O6-. The quantitative estimate of drug-likeness (QED) is 0.600. The number of aliphatic hydroxyl groups excluding tert-OH is 1. The molecule has 0 unspecified atom stereocenters. The first-order chi connectivity index (χ1) is 15.8. The summed E-state index contributed by atoms with van der Waals surface area (Å²) in [4.78, 5) is 25.6. The number of esters is 1.